The van der Waals surface area contributed by atoms with Gasteiger partial charge in [0, 0.05) is 18.0 Å². The van der Waals surface area contributed by atoms with Gasteiger partial charge in [0.2, 0.25) is 0 Å². The summed E-state index contributed by atoms with van der Waals surface area (Å²) in [5.74, 6) is 0.699. The van der Waals surface area contributed by atoms with Crippen molar-refractivity contribution < 1.29 is 14.4 Å². The van der Waals surface area contributed by atoms with E-state index < -0.39 is 4.92 Å². The minimum Gasteiger partial charge on any atom is -0.493 e. The van der Waals surface area contributed by atoms with Crippen molar-refractivity contribution in [3.63, 3.8) is 0 Å². The number of hydrogen-bond acceptors (Lipinski definition) is 6. The first-order valence-corrected chi connectivity index (χ1v) is 5.76. The first-order valence-electron chi connectivity index (χ1n) is 5.76. The molecule has 0 bridgehead atoms. The second-order valence-corrected chi connectivity index (χ2v) is 3.96. The van der Waals surface area contributed by atoms with E-state index in [2.05, 4.69) is 4.98 Å². The number of hydrogen-bond donors (Lipinski definition) is 1. The van der Waals surface area contributed by atoms with Crippen LogP contribution < -0.4 is 15.2 Å². The molecule has 0 radical (unpaired) electrons. The van der Waals surface area contributed by atoms with Gasteiger partial charge < -0.3 is 15.2 Å². The van der Waals surface area contributed by atoms with Crippen LogP contribution >= 0.6 is 0 Å². The predicted octanol–water partition coefficient (Wildman–Crippen LogP) is 2.16. The molecule has 0 aliphatic carbocycles. The Balaban J connectivity index is 2.19. The van der Waals surface area contributed by atoms with E-state index in [0.29, 0.717) is 17.1 Å². The number of nitro benzene ring substituents is 1. The van der Waals surface area contributed by atoms with Crippen LogP contribution in [0.3, 0.4) is 0 Å². The highest BCUT2D eigenvalue weighted by molar-refractivity contribution is 5.48. The third-order valence-electron chi connectivity index (χ3n) is 2.57. The monoisotopic (exact) mass is 275 g/mol. The van der Waals surface area contributed by atoms with Crippen molar-refractivity contribution in [1.29, 1.82) is 0 Å². The van der Waals surface area contributed by atoms with Crippen LogP contribution in [0.1, 0.15) is 5.69 Å². The molecule has 20 heavy (non-hydrogen) atoms. The van der Waals surface area contributed by atoms with E-state index in [0.717, 1.165) is 0 Å². The van der Waals surface area contributed by atoms with Gasteiger partial charge in [-0.1, -0.05) is 0 Å². The zero-order valence-electron chi connectivity index (χ0n) is 10.8. The van der Waals surface area contributed by atoms with E-state index in [1.807, 2.05) is 0 Å². The number of aromatic nitrogens is 1. The molecule has 0 saturated carbocycles. The van der Waals surface area contributed by atoms with Gasteiger partial charge >= 0.3 is 0 Å². The molecule has 2 N–H and O–H groups in total. The first kappa shape index (κ1) is 13.6. The largest absolute Gasteiger partial charge is 0.493 e. The summed E-state index contributed by atoms with van der Waals surface area (Å²) in [5.41, 5.74) is 6.77. The Kier molecular flexibility index (Phi) is 3.99. The Labute approximate surface area is 115 Å². The Morgan fingerprint density at radius 1 is 1.30 bits per heavy atom. The van der Waals surface area contributed by atoms with Gasteiger partial charge in [0.15, 0.2) is 11.5 Å². The van der Waals surface area contributed by atoms with Gasteiger partial charge in [0.25, 0.3) is 5.69 Å². The highest BCUT2D eigenvalue weighted by atomic mass is 16.6. The van der Waals surface area contributed by atoms with Crippen molar-refractivity contribution >= 4 is 11.4 Å². The molecular formula is C13H13N3O4. The van der Waals surface area contributed by atoms with Crippen LogP contribution in [-0.4, -0.2) is 17.0 Å². The summed E-state index contributed by atoms with van der Waals surface area (Å²) >= 11 is 0. The van der Waals surface area contributed by atoms with Gasteiger partial charge in [0.05, 0.1) is 23.8 Å². The van der Waals surface area contributed by atoms with Crippen LogP contribution in [0, 0.1) is 10.1 Å². The van der Waals surface area contributed by atoms with Crippen LogP contribution in [-0.2, 0) is 6.61 Å². The zero-order valence-corrected chi connectivity index (χ0v) is 10.8. The number of nitrogen functional groups attached to an aromatic ring is 1. The van der Waals surface area contributed by atoms with E-state index in [-0.39, 0.29) is 18.0 Å². The van der Waals surface area contributed by atoms with Gasteiger partial charge in [-0.15, -0.1) is 0 Å². The number of benzene rings is 1. The quantitative estimate of drug-likeness (QED) is 0.662. The summed E-state index contributed by atoms with van der Waals surface area (Å²) in [4.78, 5) is 14.3. The smallest absolute Gasteiger partial charge is 0.273 e. The van der Waals surface area contributed by atoms with Gasteiger partial charge in [0.1, 0.15) is 6.61 Å². The minimum atomic E-state index is -0.495. The number of nitro groups is 1. The summed E-state index contributed by atoms with van der Waals surface area (Å²) in [5, 5.41) is 10.8. The van der Waals surface area contributed by atoms with Crippen molar-refractivity contribution in [3.8, 4) is 11.5 Å². The minimum absolute atomic E-state index is 0.0682. The molecule has 0 saturated heterocycles. The lowest BCUT2D eigenvalue weighted by atomic mass is 10.3. The number of nitrogens with zero attached hydrogens (tertiary/aromatic N) is 2. The molecule has 1 aromatic carbocycles. The maximum Gasteiger partial charge on any atom is 0.273 e. The van der Waals surface area contributed by atoms with Crippen LogP contribution in [0.25, 0.3) is 0 Å². The fourth-order valence-electron chi connectivity index (χ4n) is 1.62. The zero-order chi connectivity index (χ0) is 14.5. The molecule has 0 unspecified atom stereocenters. The fraction of sp³-hybridized carbons (Fsp3) is 0.154. The highest BCUT2D eigenvalue weighted by Gasteiger charge is 2.12. The van der Waals surface area contributed by atoms with E-state index in [9.17, 15) is 10.1 Å². The van der Waals surface area contributed by atoms with Crippen molar-refractivity contribution in [2.75, 3.05) is 12.8 Å². The maximum atomic E-state index is 10.8. The summed E-state index contributed by atoms with van der Waals surface area (Å²) in [6.07, 6.45) is 1.57. The molecular weight excluding hydrogens is 262 g/mol. The van der Waals surface area contributed by atoms with Crippen LogP contribution in [0.2, 0.25) is 0 Å². The molecule has 2 aromatic rings. The van der Waals surface area contributed by atoms with Crippen molar-refractivity contribution in [3.05, 3.63) is 52.3 Å². The van der Waals surface area contributed by atoms with Crippen LogP contribution in [0.15, 0.2) is 36.5 Å². The third-order valence-corrected chi connectivity index (χ3v) is 2.57. The standard InChI is InChI=1S/C13H13N3O4/c1-19-12-3-2-11(16(17)18)7-13(12)20-8-10-6-9(14)4-5-15-10/h2-7H,8H2,1H3,(H2,14,15). The van der Waals surface area contributed by atoms with Gasteiger partial charge in [-0.3, -0.25) is 15.1 Å². The van der Waals surface area contributed by atoms with E-state index in [1.54, 1.807) is 18.3 Å². The van der Waals surface area contributed by atoms with Gasteiger partial charge in [-0.25, -0.2) is 0 Å². The molecule has 0 fully saturated rings. The Hall–Kier alpha value is -2.83. The highest BCUT2D eigenvalue weighted by Crippen LogP contribution is 2.31. The van der Waals surface area contributed by atoms with Gasteiger partial charge in [-0.05, 0) is 18.2 Å². The number of nitrogens with two attached hydrogens (primary N) is 1. The molecule has 2 rings (SSSR count). The van der Waals surface area contributed by atoms with Crippen LogP contribution in [0.4, 0.5) is 11.4 Å². The first-order chi connectivity index (χ1) is 9.60. The second kappa shape index (κ2) is 5.87. The lowest BCUT2D eigenvalue weighted by Crippen LogP contribution is -2.01. The fourth-order valence-corrected chi connectivity index (χ4v) is 1.62. The number of ether oxygens (including phenoxy) is 2. The molecule has 7 nitrogen and oxygen atoms in total. The Morgan fingerprint density at radius 2 is 2.10 bits per heavy atom. The molecule has 7 heteroatoms. The third kappa shape index (κ3) is 3.14. The lowest BCUT2D eigenvalue weighted by Gasteiger charge is -2.10. The van der Waals surface area contributed by atoms with Crippen molar-refractivity contribution in [2.24, 2.45) is 0 Å². The van der Waals surface area contributed by atoms with Crippen molar-refractivity contribution in [2.45, 2.75) is 6.61 Å². The molecule has 0 spiro atoms. The number of anilines is 1. The molecule has 1 heterocycles. The second-order valence-electron chi connectivity index (χ2n) is 3.96. The van der Waals surface area contributed by atoms with E-state index in [1.165, 1.54) is 25.3 Å². The molecule has 0 aliphatic heterocycles. The topological polar surface area (TPSA) is 101 Å². The molecule has 0 aliphatic rings. The summed E-state index contributed by atoms with van der Waals surface area (Å²) in [6.45, 7) is 0.141. The predicted molar refractivity (Wildman–Crippen MR) is 72.6 cm³/mol. The number of non-ortho nitro benzene ring substituents is 1. The normalized spacial score (nSPS) is 10.1. The summed E-state index contributed by atoms with van der Waals surface area (Å²) < 4.78 is 10.6. The number of pyridine rings is 1. The lowest BCUT2D eigenvalue weighted by molar-refractivity contribution is -0.385. The van der Waals surface area contributed by atoms with E-state index in [4.69, 9.17) is 15.2 Å². The summed E-state index contributed by atoms with van der Waals surface area (Å²) in [6, 6.07) is 7.48. The molecule has 0 atom stereocenters. The van der Waals surface area contributed by atoms with Gasteiger partial charge in [-0.2, -0.15) is 0 Å². The Morgan fingerprint density at radius 3 is 2.75 bits per heavy atom. The SMILES string of the molecule is COc1ccc([N+](=O)[O-])cc1OCc1cc(N)ccn1. The number of rotatable bonds is 5. The van der Waals surface area contributed by atoms with E-state index >= 15 is 0 Å². The summed E-state index contributed by atoms with van der Waals surface area (Å²) in [7, 11) is 1.47. The average molecular weight is 275 g/mol. The molecule has 104 valence electrons. The molecule has 1 aromatic heterocycles. The Bertz CT molecular complexity index is 631. The van der Waals surface area contributed by atoms with Crippen LogP contribution in [0.5, 0.6) is 11.5 Å². The molecule has 0 amide bonds. The number of methoxy groups -OCH3 is 1. The average Bonchev–Trinajstić information content (AvgIpc) is 2.44. The maximum absolute atomic E-state index is 10.8. The van der Waals surface area contributed by atoms with Crippen molar-refractivity contribution in [1.82, 2.24) is 4.98 Å².